The average molecular weight is 309 g/mol. The van der Waals surface area contributed by atoms with Crippen LogP contribution >= 0.6 is 0 Å². The Morgan fingerprint density at radius 2 is 1.87 bits per heavy atom. The molecule has 1 N–H and O–H groups in total. The molecule has 1 aliphatic carbocycles. The van der Waals surface area contributed by atoms with Crippen LogP contribution in [0.1, 0.15) is 35.3 Å². The number of hydrogen-bond donors (Lipinski definition) is 1. The molecule has 0 spiro atoms. The molecule has 118 valence electrons. The van der Waals surface area contributed by atoms with Gasteiger partial charge >= 0.3 is 0 Å². The Morgan fingerprint density at radius 3 is 2.61 bits per heavy atom. The molecule has 1 amide bonds. The zero-order chi connectivity index (χ0) is 15.8. The van der Waals surface area contributed by atoms with Crippen LogP contribution in [0.15, 0.2) is 48.5 Å². The first-order valence-corrected chi connectivity index (χ1v) is 7.98. The van der Waals surface area contributed by atoms with E-state index in [1.807, 2.05) is 18.2 Å². The molecule has 2 aromatic carbocycles. The van der Waals surface area contributed by atoms with Gasteiger partial charge in [0.1, 0.15) is 0 Å². The zero-order valence-corrected chi connectivity index (χ0v) is 13.0. The predicted octanol–water partition coefficient (Wildman–Crippen LogP) is 3.54. The molecule has 4 heteroatoms. The highest BCUT2D eigenvalue weighted by Crippen LogP contribution is 2.47. The van der Waals surface area contributed by atoms with Gasteiger partial charge in [-0.1, -0.05) is 37.3 Å². The molecule has 23 heavy (non-hydrogen) atoms. The summed E-state index contributed by atoms with van der Waals surface area (Å²) in [4.78, 5) is 12.7. The van der Waals surface area contributed by atoms with Gasteiger partial charge in [0.05, 0.1) is 6.04 Å². The molecule has 4 rings (SSSR count). The quantitative estimate of drug-likeness (QED) is 0.939. The summed E-state index contributed by atoms with van der Waals surface area (Å²) < 4.78 is 10.6. The summed E-state index contributed by atoms with van der Waals surface area (Å²) in [6.07, 6.45) is 1.15. The maximum absolute atomic E-state index is 12.7. The molecule has 1 saturated carbocycles. The third kappa shape index (κ3) is 2.77. The zero-order valence-electron chi connectivity index (χ0n) is 13.0. The van der Waals surface area contributed by atoms with Crippen LogP contribution < -0.4 is 14.8 Å². The van der Waals surface area contributed by atoms with Crippen LogP contribution in [-0.2, 0) is 0 Å². The molecule has 3 atom stereocenters. The van der Waals surface area contributed by atoms with Crippen LogP contribution in [0.3, 0.4) is 0 Å². The highest BCUT2D eigenvalue weighted by atomic mass is 16.7. The van der Waals surface area contributed by atoms with E-state index >= 15 is 0 Å². The fourth-order valence-corrected chi connectivity index (χ4v) is 3.18. The van der Waals surface area contributed by atoms with Gasteiger partial charge in [-0.15, -0.1) is 0 Å². The maximum atomic E-state index is 12.7. The second-order valence-corrected chi connectivity index (χ2v) is 6.31. The number of fused-ring (bicyclic) bond motifs is 1. The van der Waals surface area contributed by atoms with E-state index in [1.54, 1.807) is 18.2 Å². The third-order valence-corrected chi connectivity index (χ3v) is 4.68. The molecular formula is C19H19NO3. The number of amides is 1. The van der Waals surface area contributed by atoms with Gasteiger partial charge < -0.3 is 14.8 Å². The summed E-state index contributed by atoms with van der Waals surface area (Å²) in [6, 6.07) is 15.6. The summed E-state index contributed by atoms with van der Waals surface area (Å²) in [6.45, 7) is 2.44. The standard InChI is InChI=1S/C19H19NO3/c1-12-9-15(12)18(13-5-3-2-4-6-13)20-19(21)14-7-8-16-17(10-14)23-11-22-16/h2-8,10,12,15,18H,9,11H2,1H3,(H,20,21). The van der Waals surface area contributed by atoms with Crippen LogP contribution in [0.25, 0.3) is 0 Å². The van der Waals surface area contributed by atoms with Crippen molar-refractivity contribution in [3.8, 4) is 11.5 Å². The molecule has 1 fully saturated rings. The molecule has 1 aliphatic heterocycles. The molecule has 0 saturated heterocycles. The summed E-state index contributed by atoms with van der Waals surface area (Å²) >= 11 is 0. The van der Waals surface area contributed by atoms with E-state index in [0.717, 1.165) is 12.0 Å². The van der Waals surface area contributed by atoms with Crippen molar-refractivity contribution in [2.24, 2.45) is 11.8 Å². The molecule has 1 heterocycles. The van der Waals surface area contributed by atoms with Crippen molar-refractivity contribution in [1.82, 2.24) is 5.32 Å². The Bertz CT molecular complexity index is 729. The smallest absolute Gasteiger partial charge is 0.251 e. The summed E-state index contributed by atoms with van der Waals surface area (Å²) in [7, 11) is 0. The van der Waals surface area contributed by atoms with Crippen molar-refractivity contribution in [2.75, 3.05) is 6.79 Å². The second-order valence-electron chi connectivity index (χ2n) is 6.31. The Kier molecular flexibility index (Phi) is 3.45. The summed E-state index contributed by atoms with van der Waals surface area (Å²) in [5.41, 5.74) is 1.76. The van der Waals surface area contributed by atoms with E-state index in [4.69, 9.17) is 9.47 Å². The maximum Gasteiger partial charge on any atom is 0.251 e. The molecule has 3 unspecified atom stereocenters. The number of rotatable bonds is 4. The van der Waals surface area contributed by atoms with Crippen molar-refractivity contribution >= 4 is 5.91 Å². The average Bonchev–Trinajstić information content (AvgIpc) is 3.11. The molecule has 4 nitrogen and oxygen atoms in total. The van der Waals surface area contributed by atoms with E-state index in [2.05, 4.69) is 24.4 Å². The number of carbonyl (C=O) groups excluding carboxylic acids is 1. The van der Waals surface area contributed by atoms with E-state index < -0.39 is 0 Å². The first kappa shape index (κ1) is 14.1. The normalized spacial score (nSPS) is 22.5. The van der Waals surface area contributed by atoms with Gasteiger partial charge in [-0.3, -0.25) is 4.79 Å². The highest BCUT2D eigenvalue weighted by molar-refractivity contribution is 5.95. The van der Waals surface area contributed by atoms with Crippen LogP contribution in [0.4, 0.5) is 0 Å². The number of ether oxygens (including phenoxy) is 2. The Labute approximate surface area is 135 Å². The fourth-order valence-electron chi connectivity index (χ4n) is 3.18. The summed E-state index contributed by atoms with van der Waals surface area (Å²) in [5.74, 6) is 2.41. The van der Waals surface area contributed by atoms with Gasteiger partial charge in [0.25, 0.3) is 5.91 Å². The Balaban J connectivity index is 1.56. The lowest BCUT2D eigenvalue weighted by molar-refractivity contribution is 0.0930. The van der Waals surface area contributed by atoms with Gasteiger partial charge in [-0.25, -0.2) is 0 Å². The number of carbonyl (C=O) groups is 1. The molecule has 0 aromatic heterocycles. The molecule has 0 radical (unpaired) electrons. The second kappa shape index (κ2) is 5.61. The SMILES string of the molecule is CC1CC1C(NC(=O)c1ccc2c(c1)OCO2)c1ccccc1. The highest BCUT2D eigenvalue weighted by Gasteiger charge is 2.41. The topological polar surface area (TPSA) is 47.6 Å². The van der Waals surface area contributed by atoms with Gasteiger partial charge in [0.2, 0.25) is 6.79 Å². The molecule has 2 aliphatic rings. The van der Waals surface area contributed by atoms with Crippen LogP contribution in [0.2, 0.25) is 0 Å². The molecule has 0 bridgehead atoms. The van der Waals surface area contributed by atoms with Crippen molar-refractivity contribution in [2.45, 2.75) is 19.4 Å². The minimum absolute atomic E-state index is 0.0594. The third-order valence-electron chi connectivity index (χ3n) is 4.68. The summed E-state index contributed by atoms with van der Waals surface area (Å²) in [5, 5.41) is 3.20. The lowest BCUT2D eigenvalue weighted by Gasteiger charge is -2.19. The van der Waals surface area contributed by atoms with E-state index in [-0.39, 0.29) is 18.7 Å². The fraction of sp³-hybridized carbons (Fsp3) is 0.316. The number of nitrogens with one attached hydrogen (secondary N) is 1. The van der Waals surface area contributed by atoms with E-state index in [0.29, 0.717) is 28.9 Å². The largest absolute Gasteiger partial charge is 0.454 e. The van der Waals surface area contributed by atoms with Crippen LogP contribution in [0.5, 0.6) is 11.5 Å². The van der Waals surface area contributed by atoms with E-state index in [1.165, 1.54) is 0 Å². The van der Waals surface area contributed by atoms with Crippen LogP contribution in [-0.4, -0.2) is 12.7 Å². The molecule has 2 aromatic rings. The Hall–Kier alpha value is -2.49. The predicted molar refractivity (Wildman–Crippen MR) is 86.5 cm³/mol. The first-order chi connectivity index (χ1) is 11.2. The lowest BCUT2D eigenvalue weighted by Crippen LogP contribution is -2.30. The van der Waals surface area contributed by atoms with Crippen molar-refractivity contribution in [1.29, 1.82) is 0 Å². The van der Waals surface area contributed by atoms with Gasteiger partial charge in [-0.2, -0.15) is 0 Å². The lowest BCUT2D eigenvalue weighted by atomic mass is 10.0. The van der Waals surface area contributed by atoms with Crippen molar-refractivity contribution < 1.29 is 14.3 Å². The number of benzene rings is 2. The first-order valence-electron chi connectivity index (χ1n) is 7.98. The Morgan fingerprint density at radius 1 is 1.13 bits per heavy atom. The van der Waals surface area contributed by atoms with Crippen molar-refractivity contribution in [3.63, 3.8) is 0 Å². The van der Waals surface area contributed by atoms with Gasteiger partial charge in [-0.05, 0) is 42.0 Å². The van der Waals surface area contributed by atoms with Gasteiger partial charge in [0, 0.05) is 5.56 Å². The monoisotopic (exact) mass is 309 g/mol. The molecular weight excluding hydrogens is 290 g/mol. The van der Waals surface area contributed by atoms with Crippen molar-refractivity contribution in [3.05, 3.63) is 59.7 Å². The van der Waals surface area contributed by atoms with Crippen LogP contribution in [0, 0.1) is 11.8 Å². The van der Waals surface area contributed by atoms with Gasteiger partial charge in [0.15, 0.2) is 11.5 Å². The minimum atomic E-state index is -0.0729. The van der Waals surface area contributed by atoms with E-state index in [9.17, 15) is 4.79 Å². The number of hydrogen-bond acceptors (Lipinski definition) is 3. The minimum Gasteiger partial charge on any atom is -0.454 e.